The zero-order valence-corrected chi connectivity index (χ0v) is 19.3. The summed E-state index contributed by atoms with van der Waals surface area (Å²) in [6.07, 6.45) is 8.08. The van der Waals surface area contributed by atoms with Gasteiger partial charge in [-0.15, -0.1) is 0 Å². The minimum Gasteiger partial charge on any atom is -0.469 e. The molecule has 1 aromatic carbocycles. The number of nitrogens with zero attached hydrogens (tertiary/aromatic N) is 2. The first-order chi connectivity index (χ1) is 15.6. The van der Waals surface area contributed by atoms with Gasteiger partial charge in [0.2, 0.25) is 5.91 Å². The molecule has 172 valence electrons. The molecule has 4 unspecified atom stereocenters. The van der Waals surface area contributed by atoms with E-state index in [4.69, 9.17) is 9.41 Å². The molecule has 32 heavy (non-hydrogen) atoms. The Bertz CT molecular complexity index is 880. The third-order valence-corrected chi connectivity index (χ3v) is 7.00. The number of nitrogens with one attached hydrogen (secondary N) is 2. The fourth-order valence-electron chi connectivity index (χ4n) is 5.09. The Kier molecular flexibility index (Phi) is 7.51. The van der Waals surface area contributed by atoms with Gasteiger partial charge in [-0.1, -0.05) is 50.1 Å². The van der Waals surface area contributed by atoms with Crippen molar-refractivity contribution >= 4 is 11.9 Å². The van der Waals surface area contributed by atoms with Crippen molar-refractivity contribution in [3.8, 4) is 0 Å². The average molecular weight is 437 g/mol. The maximum Gasteiger partial charge on any atom is 0.223 e. The number of benzene rings is 1. The van der Waals surface area contributed by atoms with Crippen LogP contribution in [0.15, 0.2) is 58.1 Å². The third-order valence-electron chi connectivity index (χ3n) is 7.00. The number of guanidine groups is 1. The van der Waals surface area contributed by atoms with Crippen LogP contribution in [0.5, 0.6) is 0 Å². The van der Waals surface area contributed by atoms with E-state index in [1.165, 1.54) is 31.2 Å². The van der Waals surface area contributed by atoms with Gasteiger partial charge >= 0.3 is 0 Å². The first-order valence-electron chi connectivity index (χ1n) is 12.0. The Labute approximate surface area is 191 Å². The molecule has 0 bridgehead atoms. The van der Waals surface area contributed by atoms with Crippen LogP contribution < -0.4 is 10.6 Å². The second-order valence-electron chi connectivity index (χ2n) is 9.28. The largest absolute Gasteiger partial charge is 0.469 e. The molecule has 0 spiro atoms. The van der Waals surface area contributed by atoms with E-state index in [0.717, 1.165) is 24.7 Å². The lowest BCUT2D eigenvalue weighted by Crippen LogP contribution is -2.47. The van der Waals surface area contributed by atoms with Crippen molar-refractivity contribution in [2.24, 2.45) is 16.8 Å². The molecule has 0 radical (unpaired) electrons. The van der Waals surface area contributed by atoms with E-state index in [-0.39, 0.29) is 17.9 Å². The third kappa shape index (κ3) is 5.53. The van der Waals surface area contributed by atoms with Crippen molar-refractivity contribution in [2.45, 2.75) is 57.5 Å². The van der Waals surface area contributed by atoms with Crippen LogP contribution in [-0.2, 0) is 11.2 Å². The highest BCUT2D eigenvalue weighted by molar-refractivity contribution is 5.81. The van der Waals surface area contributed by atoms with Crippen LogP contribution in [0.2, 0.25) is 0 Å². The molecule has 1 amide bonds. The molecule has 2 aromatic rings. The van der Waals surface area contributed by atoms with E-state index in [0.29, 0.717) is 24.9 Å². The first kappa shape index (κ1) is 22.4. The lowest BCUT2D eigenvalue weighted by Gasteiger charge is -2.31. The standard InChI is InChI=1S/C26H36N4O2/c1-19-9-6-7-13-23(19)29-26(27-15-14-22-12-8-16-32-22)28-18-21-17-24(31)30(2)25(21)20-10-4-3-5-11-20/h3-5,8,10-12,16,19,21,23,25H,6-7,9,13-15,17-18H2,1-2H3,(H2,27,28,29). The molecule has 2 fully saturated rings. The normalized spacial score (nSPS) is 26.4. The smallest absolute Gasteiger partial charge is 0.223 e. The van der Waals surface area contributed by atoms with Crippen molar-refractivity contribution in [1.82, 2.24) is 15.5 Å². The number of carbonyl (C=O) groups is 1. The van der Waals surface area contributed by atoms with E-state index < -0.39 is 0 Å². The first-order valence-corrected chi connectivity index (χ1v) is 12.0. The number of rotatable bonds is 7. The predicted molar refractivity (Wildman–Crippen MR) is 127 cm³/mol. The summed E-state index contributed by atoms with van der Waals surface area (Å²) in [7, 11) is 1.91. The van der Waals surface area contributed by atoms with E-state index in [2.05, 4.69) is 29.7 Å². The maximum absolute atomic E-state index is 12.5. The van der Waals surface area contributed by atoms with Gasteiger partial charge in [-0.2, -0.15) is 0 Å². The monoisotopic (exact) mass is 436 g/mol. The van der Waals surface area contributed by atoms with Crippen LogP contribution in [0, 0.1) is 11.8 Å². The zero-order chi connectivity index (χ0) is 22.3. The second kappa shape index (κ2) is 10.7. The summed E-state index contributed by atoms with van der Waals surface area (Å²) >= 11 is 0. The van der Waals surface area contributed by atoms with Gasteiger partial charge in [0.25, 0.3) is 0 Å². The summed E-state index contributed by atoms with van der Waals surface area (Å²) in [6, 6.07) is 14.8. The van der Waals surface area contributed by atoms with E-state index in [1.54, 1.807) is 6.26 Å². The minimum absolute atomic E-state index is 0.0745. The lowest BCUT2D eigenvalue weighted by atomic mass is 9.86. The van der Waals surface area contributed by atoms with Crippen molar-refractivity contribution in [1.29, 1.82) is 0 Å². The fraction of sp³-hybridized carbons (Fsp3) is 0.538. The van der Waals surface area contributed by atoms with Gasteiger partial charge in [-0.25, -0.2) is 0 Å². The topological polar surface area (TPSA) is 69.9 Å². The Hall–Kier alpha value is -2.76. The van der Waals surface area contributed by atoms with E-state index >= 15 is 0 Å². The lowest BCUT2D eigenvalue weighted by molar-refractivity contribution is -0.127. The fourth-order valence-corrected chi connectivity index (χ4v) is 5.09. The van der Waals surface area contributed by atoms with E-state index in [1.807, 2.05) is 42.3 Å². The van der Waals surface area contributed by atoms with Gasteiger partial charge in [-0.3, -0.25) is 9.79 Å². The maximum atomic E-state index is 12.5. The molecule has 6 nitrogen and oxygen atoms in total. The second-order valence-corrected chi connectivity index (χ2v) is 9.28. The number of amides is 1. The molecule has 1 aliphatic heterocycles. The average Bonchev–Trinajstić information content (AvgIpc) is 3.42. The number of likely N-dealkylation sites (tertiary alicyclic amines) is 1. The number of hydrogen-bond donors (Lipinski definition) is 2. The molecule has 2 aliphatic rings. The molecule has 1 saturated carbocycles. The Morgan fingerprint density at radius 1 is 1.16 bits per heavy atom. The summed E-state index contributed by atoms with van der Waals surface area (Å²) in [5.41, 5.74) is 1.18. The summed E-state index contributed by atoms with van der Waals surface area (Å²) in [5.74, 6) is 2.82. The van der Waals surface area contributed by atoms with Crippen molar-refractivity contribution in [2.75, 3.05) is 20.1 Å². The molecule has 1 aliphatic carbocycles. The Morgan fingerprint density at radius 2 is 1.97 bits per heavy atom. The van der Waals surface area contributed by atoms with Gasteiger partial charge < -0.3 is 20.0 Å². The summed E-state index contributed by atoms with van der Waals surface area (Å²) in [5, 5.41) is 7.20. The molecule has 2 heterocycles. The minimum atomic E-state index is 0.0745. The Balaban J connectivity index is 1.45. The van der Waals surface area contributed by atoms with Gasteiger partial charge in [-0.05, 0) is 36.5 Å². The highest BCUT2D eigenvalue weighted by Gasteiger charge is 2.38. The van der Waals surface area contributed by atoms with Gasteiger partial charge in [0.1, 0.15) is 5.76 Å². The van der Waals surface area contributed by atoms with Crippen LogP contribution in [-0.4, -0.2) is 42.9 Å². The van der Waals surface area contributed by atoms with Crippen molar-refractivity contribution < 1.29 is 9.21 Å². The van der Waals surface area contributed by atoms with Crippen LogP contribution in [0.4, 0.5) is 0 Å². The number of furan rings is 1. The summed E-state index contributed by atoms with van der Waals surface area (Å²) < 4.78 is 5.47. The van der Waals surface area contributed by atoms with Crippen LogP contribution in [0.3, 0.4) is 0 Å². The van der Waals surface area contributed by atoms with Crippen molar-refractivity contribution in [3.63, 3.8) is 0 Å². The highest BCUT2D eigenvalue weighted by atomic mass is 16.3. The van der Waals surface area contributed by atoms with Crippen LogP contribution >= 0.6 is 0 Å². The van der Waals surface area contributed by atoms with E-state index in [9.17, 15) is 4.79 Å². The predicted octanol–water partition coefficient (Wildman–Crippen LogP) is 4.16. The van der Waals surface area contributed by atoms with Gasteiger partial charge in [0.15, 0.2) is 5.96 Å². The zero-order valence-electron chi connectivity index (χ0n) is 19.3. The number of carbonyl (C=O) groups excluding carboxylic acids is 1. The summed E-state index contributed by atoms with van der Waals surface area (Å²) in [4.78, 5) is 19.4. The van der Waals surface area contributed by atoms with Gasteiger partial charge in [0, 0.05) is 44.9 Å². The Morgan fingerprint density at radius 3 is 2.72 bits per heavy atom. The quantitative estimate of drug-likeness (QED) is 0.505. The number of aliphatic imine (C=N–C) groups is 1. The molecule has 1 saturated heterocycles. The van der Waals surface area contributed by atoms with Crippen LogP contribution in [0.1, 0.15) is 56.4 Å². The van der Waals surface area contributed by atoms with Crippen LogP contribution in [0.25, 0.3) is 0 Å². The molecule has 4 rings (SSSR count). The van der Waals surface area contributed by atoms with Crippen molar-refractivity contribution in [3.05, 3.63) is 60.1 Å². The highest BCUT2D eigenvalue weighted by Crippen LogP contribution is 2.37. The SMILES string of the molecule is CC1CCCCC1NC(=NCC1CC(=O)N(C)C1c1ccccc1)NCCc1ccco1. The molecule has 6 heteroatoms. The molecule has 2 N–H and O–H groups in total. The molecule has 1 aromatic heterocycles. The number of hydrogen-bond acceptors (Lipinski definition) is 3. The molecule has 4 atom stereocenters. The van der Waals surface area contributed by atoms with Gasteiger partial charge in [0.05, 0.1) is 12.3 Å². The summed E-state index contributed by atoms with van der Waals surface area (Å²) in [6.45, 7) is 3.70. The molecular weight excluding hydrogens is 400 g/mol. The molecular formula is C26H36N4O2.